The van der Waals surface area contributed by atoms with E-state index in [0.29, 0.717) is 11.5 Å². The van der Waals surface area contributed by atoms with Crippen molar-refractivity contribution in [2.75, 3.05) is 7.11 Å². The Morgan fingerprint density at radius 3 is 2.84 bits per heavy atom. The number of amides is 1. The molecule has 2 aromatic rings. The highest BCUT2D eigenvalue weighted by atomic mass is 127. The predicted molar refractivity (Wildman–Crippen MR) is 106 cm³/mol. The number of pyridine rings is 1. The Labute approximate surface area is 164 Å². The molecule has 1 aromatic heterocycles. The number of aromatic nitrogens is 1. The van der Waals surface area contributed by atoms with Gasteiger partial charge in [-0.3, -0.25) is 4.79 Å². The van der Waals surface area contributed by atoms with Crippen LogP contribution in [0.2, 0.25) is 5.15 Å². The molecule has 0 fully saturated rings. The number of nitrogens with zero attached hydrogens (tertiary/aromatic N) is 2. The van der Waals surface area contributed by atoms with Crippen LogP contribution in [0.4, 0.5) is 0 Å². The van der Waals surface area contributed by atoms with Crippen LogP contribution in [-0.2, 0) is 0 Å². The number of hydrogen-bond acceptors (Lipinski definition) is 5. The molecule has 0 aliphatic heterocycles. The molecule has 2 rings (SSSR count). The highest BCUT2D eigenvalue weighted by Crippen LogP contribution is 2.34. The molecule has 0 saturated carbocycles. The molecule has 1 N–H and O–H groups in total. The van der Waals surface area contributed by atoms with Crippen LogP contribution >= 0.6 is 34.2 Å². The Balaban J connectivity index is 2.14. The average molecular weight is 474 g/mol. The lowest BCUT2D eigenvalue weighted by Crippen LogP contribution is -2.18. The summed E-state index contributed by atoms with van der Waals surface area (Å²) >= 11 is 8.05. The van der Waals surface area contributed by atoms with E-state index in [0.717, 1.165) is 9.13 Å². The van der Waals surface area contributed by atoms with Crippen molar-refractivity contribution in [2.45, 2.75) is 20.0 Å². The van der Waals surface area contributed by atoms with Crippen LogP contribution in [-0.4, -0.2) is 30.3 Å². The second-order valence-corrected chi connectivity index (χ2v) is 6.76. The Hall–Kier alpha value is -1.87. The molecule has 0 aliphatic rings. The van der Waals surface area contributed by atoms with Crippen LogP contribution < -0.4 is 14.9 Å². The van der Waals surface area contributed by atoms with Crippen LogP contribution in [0, 0.1) is 3.57 Å². The quantitative estimate of drug-likeness (QED) is 0.299. The van der Waals surface area contributed by atoms with Crippen molar-refractivity contribution >= 4 is 46.3 Å². The lowest BCUT2D eigenvalue weighted by molar-refractivity contribution is 0.0955. The Bertz CT molecular complexity index is 797. The number of nitrogens with one attached hydrogen (secondary N) is 1. The number of rotatable bonds is 6. The molecule has 1 heterocycles. The zero-order valence-electron chi connectivity index (χ0n) is 13.9. The summed E-state index contributed by atoms with van der Waals surface area (Å²) < 4.78 is 12.0. The van der Waals surface area contributed by atoms with E-state index in [2.05, 4.69) is 38.1 Å². The summed E-state index contributed by atoms with van der Waals surface area (Å²) in [6.07, 6.45) is 3.06. The van der Waals surface area contributed by atoms with Crippen molar-refractivity contribution in [1.29, 1.82) is 0 Å². The molecule has 8 heteroatoms. The van der Waals surface area contributed by atoms with Gasteiger partial charge in [0.15, 0.2) is 11.5 Å². The van der Waals surface area contributed by atoms with E-state index in [1.807, 2.05) is 19.9 Å². The molecule has 6 nitrogen and oxygen atoms in total. The molecule has 132 valence electrons. The first-order valence-electron chi connectivity index (χ1n) is 7.40. The fraction of sp³-hybridized carbons (Fsp3) is 0.235. The van der Waals surface area contributed by atoms with Crippen molar-refractivity contribution in [3.63, 3.8) is 0 Å². The minimum absolute atomic E-state index is 0.0328. The maximum atomic E-state index is 12.0. The zero-order chi connectivity index (χ0) is 18.4. The minimum atomic E-state index is -0.434. The van der Waals surface area contributed by atoms with Crippen LogP contribution in [0.25, 0.3) is 0 Å². The van der Waals surface area contributed by atoms with Gasteiger partial charge >= 0.3 is 0 Å². The largest absolute Gasteiger partial charge is 0.493 e. The summed E-state index contributed by atoms with van der Waals surface area (Å²) in [7, 11) is 1.58. The summed E-state index contributed by atoms with van der Waals surface area (Å²) in [5, 5.41) is 4.08. The van der Waals surface area contributed by atoms with Crippen molar-refractivity contribution in [3.05, 3.63) is 50.3 Å². The maximum Gasteiger partial charge on any atom is 0.274 e. The SMILES string of the molecule is COc1cc(C=NNC(=O)c2cccnc2Cl)cc(I)c1OC(C)C. The summed E-state index contributed by atoms with van der Waals surface area (Å²) in [6.45, 7) is 3.90. The third-order valence-corrected chi connectivity index (χ3v) is 4.09. The van der Waals surface area contributed by atoms with E-state index in [9.17, 15) is 4.79 Å². The van der Waals surface area contributed by atoms with Crippen LogP contribution in [0.3, 0.4) is 0 Å². The van der Waals surface area contributed by atoms with Gasteiger partial charge in [0.2, 0.25) is 0 Å². The van der Waals surface area contributed by atoms with Gasteiger partial charge in [-0.2, -0.15) is 5.10 Å². The zero-order valence-corrected chi connectivity index (χ0v) is 16.8. The van der Waals surface area contributed by atoms with E-state index in [1.165, 1.54) is 12.4 Å². The third kappa shape index (κ3) is 5.30. The van der Waals surface area contributed by atoms with Crippen LogP contribution in [0.15, 0.2) is 35.6 Å². The van der Waals surface area contributed by atoms with E-state index in [-0.39, 0.29) is 16.8 Å². The Morgan fingerprint density at radius 1 is 1.44 bits per heavy atom. The first-order valence-corrected chi connectivity index (χ1v) is 8.86. The standard InChI is InChI=1S/C17H17ClIN3O3/c1-10(2)25-15-13(19)7-11(8-14(15)24-3)9-21-22-17(23)12-5-4-6-20-16(12)18/h4-10H,1-3H3,(H,22,23). The van der Waals surface area contributed by atoms with Crippen molar-refractivity contribution < 1.29 is 14.3 Å². The molecule has 0 spiro atoms. The molecular weight excluding hydrogens is 457 g/mol. The van der Waals surface area contributed by atoms with Crippen molar-refractivity contribution in [1.82, 2.24) is 10.4 Å². The lowest BCUT2D eigenvalue weighted by Gasteiger charge is -2.15. The van der Waals surface area contributed by atoms with E-state index < -0.39 is 5.91 Å². The van der Waals surface area contributed by atoms with Crippen LogP contribution in [0.1, 0.15) is 29.8 Å². The summed E-state index contributed by atoms with van der Waals surface area (Å²) in [6, 6.07) is 6.87. The molecule has 0 unspecified atom stereocenters. The number of methoxy groups -OCH3 is 1. The summed E-state index contributed by atoms with van der Waals surface area (Å²) in [5.74, 6) is 0.848. The van der Waals surface area contributed by atoms with Gasteiger partial charge in [0.25, 0.3) is 5.91 Å². The highest BCUT2D eigenvalue weighted by molar-refractivity contribution is 14.1. The van der Waals surface area contributed by atoms with Gasteiger partial charge in [-0.1, -0.05) is 11.6 Å². The first-order chi connectivity index (χ1) is 11.9. The molecule has 0 atom stereocenters. The number of carbonyl (C=O) groups excluding carboxylic acids is 1. The smallest absolute Gasteiger partial charge is 0.274 e. The molecule has 0 saturated heterocycles. The Kier molecular flexibility index (Phi) is 7.01. The van der Waals surface area contributed by atoms with E-state index >= 15 is 0 Å². The topological polar surface area (TPSA) is 72.8 Å². The highest BCUT2D eigenvalue weighted by Gasteiger charge is 2.13. The number of hydrogen-bond donors (Lipinski definition) is 1. The van der Waals surface area contributed by atoms with Gasteiger partial charge in [0.05, 0.1) is 28.6 Å². The fourth-order valence-electron chi connectivity index (χ4n) is 1.95. The fourth-order valence-corrected chi connectivity index (χ4v) is 2.90. The average Bonchev–Trinajstić information content (AvgIpc) is 2.57. The van der Waals surface area contributed by atoms with Gasteiger partial charge in [-0.25, -0.2) is 10.4 Å². The molecule has 25 heavy (non-hydrogen) atoms. The first kappa shape index (κ1) is 19.5. The lowest BCUT2D eigenvalue weighted by atomic mass is 10.2. The summed E-state index contributed by atoms with van der Waals surface area (Å²) in [5.41, 5.74) is 3.44. The van der Waals surface area contributed by atoms with E-state index in [4.69, 9.17) is 21.1 Å². The van der Waals surface area contributed by atoms with Gasteiger partial charge in [-0.05, 0) is 66.3 Å². The van der Waals surface area contributed by atoms with Gasteiger partial charge in [-0.15, -0.1) is 0 Å². The molecule has 1 amide bonds. The normalized spacial score (nSPS) is 11.0. The number of ether oxygens (including phenoxy) is 2. The monoisotopic (exact) mass is 473 g/mol. The van der Waals surface area contributed by atoms with Crippen LogP contribution in [0.5, 0.6) is 11.5 Å². The molecule has 0 aliphatic carbocycles. The number of hydrazone groups is 1. The van der Waals surface area contributed by atoms with E-state index in [1.54, 1.807) is 25.3 Å². The molecular formula is C17H17ClIN3O3. The van der Waals surface area contributed by atoms with Crippen molar-refractivity contribution in [2.24, 2.45) is 5.10 Å². The third-order valence-electron chi connectivity index (χ3n) is 2.99. The van der Waals surface area contributed by atoms with Crippen molar-refractivity contribution in [3.8, 4) is 11.5 Å². The number of carbonyl (C=O) groups is 1. The summed E-state index contributed by atoms with van der Waals surface area (Å²) in [4.78, 5) is 15.9. The number of halogens is 2. The second kappa shape index (κ2) is 9.00. The molecule has 1 aromatic carbocycles. The minimum Gasteiger partial charge on any atom is -0.493 e. The molecule has 0 radical (unpaired) electrons. The van der Waals surface area contributed by atoms with Gasteiger partial charge in [0.1, 0.15) is 5.15 Å². The maximum absolute atomic E-state index is 12.0. The second-order valence-electron chi connectivity index (χ2n) is 5.24. The van der Waals surface area contributed by atoms with Gasteiger partial charge in [0, 0.05) is 6.20 Å². The van der Waals surface area contributed by atoms with Gasteiger partial charge < -0.3 is 9.47 Å². The molecule has 0 bridgehead atoms. The number of benzene rings is 1. The predicted octanol–water partition coefficient (Wildman–Crippen LogP) is 3.90. The Morgan fingerprint density at radius 2 is 2.20 bits per heavy atom.